The van der Waals surface area contributed by atoms with Gasteiger partial charge in [0, 0.05) is 10.9 Å². The minimum atomic E-state index is -0.269. The maximum absolute atomic E-state index is 13.7. The molecule has 0 saturated heterocycles. The summed E-state index contributed by atoms with van der Waals surface area (Å²) in [6.45, 7) is 3.69. The van der Waals surface area contributed by atoms with E-state index in [1.54, 1.807) is 19.1 Å². The van der Waals surface area contributed by atoms with E-state index in [0.29, 0.717) is 22.8 Å². The Labute approximate surface area is 116 Å². The number of fused-ring (bicyclic) bond motifs is 1. The SMILES string of the molecule is Cc1ccc(-c2nc(N)c3c(C)cccc3n2)cc1F. The minimum Gasteiger partial charge on any atom is -0.383 e. The molecule has 0 saturated carbocycles. The normalized spacial score (nSPS) is 10.9. The zero-order valence-corrected chi connectivity index (χ0v) is 11.3. The molecule has 0 atom stereocenters. The number of hydrogen-bond acceptors (Lipinski definition) is 3. The van der Waals surface area contributed by atoms with E-state index in [1.165, 1.54) is 6.07 Å². The third-order valence-electron chi connectivity index (χ3n) is 3.39. The molecular formula is C16H14FN3. The first-order valence-electron chi connectivity index (χ1n) is 6.35. The Kier molecular flexibility index (Phi) is 2.86. The lowest BCUT2D eigenvalue weighted by Gasteiger charge is -2.08. The fourth-order valence-corrected chi connectivity index (χ4v) is 2.25. The average molecular weight is 267 g/mol. The van der Waals surface area contributed by atoms with Gasteiger partial charge in [-0.05, 0) is 37.1 Å². The summed E-state index contributed by atoms with van der Waals surface area (Å²) in [5.74, 6) is 0.595. The molecule has 2 aromatic carbocycles. The van der Waals surface area contributed by atoms with E-state index in [1.807, 2.05) is 25.1 Å². The van der Waals surface area contributed by atoms with E-state index in [4.69, 9.17) is 5.73 Å². The number of hydrogen-bond donors (Lipinski definition) is 1. The molecule has 0 aliphatic heterocycles. The number of nitrogens with zero attached hydrogens (tertiary/aromatic N) is 2. The summed E-state index contributed by atoms with van der Waals surface area (Å²) in [5.41, 5.74) is 9.04. The van der Waals surface area contributed by atoms with Gasteiger partial charge in [-0.2, -0.15) is 0 Å². The van der Waals surface area contributed by atoms with Crippen molar-refractivity contribution >= 4 is 16.7 Å². The molecule has 4 heteroatoms. The average Bonchev–Trinajstić information content (AvgIpc) is 2.41. The van der Waals surface area contributed by atoms with Gasteiger partial charge in [0.25, 0.3) is 0 Å². The van der Waals surface area contributed by atoms with Gasteiger partial charge in [-0.25, -0.2) is 14.4 Å². The number of aromatic nitrogens is 2. The number of nitrogens with two attached hydrogens (primary N) is 1. The third kappa shape index (κ3) is 1.99. The zero-order chi connectivity index (χ0) is 14.3. The number of aryl methyl sites for hydroxylation is 2. The Morgan fingerprint density at radius 3 is 2.55 bits per heavy atom. The summed E-state index contributed by atoms with van der Waals surface area (Å²) in [6.07, 6.45) is 0. The van der Waals surface area contributed by atoms with Gasteiger partial charge in [0.15, 0.2) is 5.82 Å². The molecule has 1 heterocycles. The van der Waals surface area contributed by atoms with Gasteiger partial charge >= 0.3 is 0 Å². The van der Waals surface area contributed by atoms with Crippen molar-refractivity contribution in [2.24, 2.45) is 0 Å². The first kappa shape index (κ1) is 12.5. The van der Waals surface area contributed by atoms with Crippen molar-refractivity contribution in [3.8, 4) is 11.4 Å². The van der Waals surface area contributed by atoms with Gasteiger partial charge < -0.3 is 5.73 Å². The maximum Gasteiger partial charge on any atom is 0.162 e. The van der Waals surface area contributed by atoms with Crippen LogP contribution in [-0.4, -0.2) is 9.97 Å². The Morgan fingerprint density at radius 2 is 1.80 bits per heavy atom. The molecule has 100 valence electrons. The van der Waals surface area contributed by atoms with Gasteiger partial charge in [0.2, 0.25) is 0 Å². The maximum atomic E-state index is 13.7. The number of anilines is 1. The number of halogens is 1. The van der Waals surface area contributed by atoms with Crippen molar-refractivity contribution in [3.63, 3.8) is 0 Å². The molecule has 3 aromatic rings. The number of benzene rings is 2. The summed E-state index contributed by atoms with van der Waals surface area (Å²) in [7, 11) is 0. The standard InChI is InChI=1S/C16H14FN3/c1-9-6-7-11(8-12(9)17)16-19-13-5-3-4-10(2)14(13)15(18)20-16/h3-8H,1-2H3,(H2,18,19,20). The van der Waals surface area contributed by atoms with Crippen LogP contribution in [0, 0.1) is 19.7 Å². The highest BCUT2D eigenvalue weighted by molar-refractivity contribution is 5.92. The lowest BCUT2D eigenvalue weighted by Crippen LogP contribution is -1.99. The molecule has 1 aromatic heterocycles. The van der Waals surface area contributed by atoms with Crippen molar-refractivity contribution in [1.82, 2.24) is 9.97 Å². The van der Waals surface area contributed by atoms with Crippen molar-refractivity contribution in [1.29, 1.82) is 0 Å². The summed E-state index contributed by atoms with van der Waals surface area (Å²) in [5, 5.41) is 0.851. The molecule has 3 rings (SSSR count). The van der Waals surface area contributed by atoms with Crippen LogP contribution in [0.25, 0.3) is 22.3 Å². The fourth-order valence-electron chi connectivity index (χ4n) is 2.25. The molecule has 0 aliphatic carbocycles. The second-order valence-corrected chi connectivity index (χ2v) is 4.87. The lowest BCUT2D eigenvalue weighted by molar-refractivity contribution is 0.619. The first-order chi connectivity index (χ1) is 9.56. The molecular weight excluding hydrogens is 253 g/mol. The van der Waals surface area contributed by atoms with Crippen LogP contribution in [-0.2, 0) is 0 Å². The molecule has 20 heavy (non-hydrogen) atoms. The van der Waals surface area contributed by atoms with Crippen LogP contribution in [0.5, 0.6) is 0 Å². The Bertz CT molecular complexity index is 812. The predicted octanol–water partition coefficient (Wildman–Crippen LogP) is 3.63. The molecule has 0 fully saturated rings. The van der Waals surface area contributed by atoms with Crippen molar-refractivity contribution in [2.45, 2.75) is 13.8 Å². The zero-order valence-electron chi connectivity index (χ0n) is 11.3. The monoisotopic (exact) mass is 267 g/mol. The highest BCUT2D eigenvalue weighted by Crippen LogP contribution is 2.26. The summed E-state index contributed by atoms with van der Waals surface area (Å²) < 4.78 is 13.7. The largest absolute Gasteiger partial charge is 0.383 e. The lowest BCUT2D eigenvalue weighted by atomic mass is 10.1. The molecule has 0 amide bonds. The smallest absolute Gasteiger partial charge is 0.162 e. The summed E-state index contributed by atoms with van der Waals surface area (Å²) >= 11 is 0. The first-order valence-corrected chi connectivity index (χ1v) is 6.35. The Morgan fingerprint density at radius 1 is 1.00 bits per heavy atom. The van der Waals surface area contributed by atoms with Gasteiger partial charge in [0.1, 0.15) is 11.6 Å². The van der Waals surface area contributed by atoms with E-state index >= 15 is 0 Å². The predicted molar refractivity (Wildman–Crippen MR) is 78.8 cm³/mol. The summed E-state index contributed by atoms with van der Waals surface area (Å²) in [4.78, 5) is 8.78. The third-order valence-corrected chi connectivity index (χ3v) is 3.39. The van der Waals surface area contributed by atoms with Crippen LogP contribution in [0.3, 0.4) is 0 Å². The molecule has 0 aliphatic rings. The number of rotatable bonds is 1. The second kappa shape index (κ2) is 4.56. The fraction of sp³-hybridized carbons (Fsp3) is 0.125. The van der Waals surface area contributed by atoms with Crippen LogP contribution in [0.1, 0.15) is 11.1 Å². The van der Waals surface area contributed by atoms with Gasteiger partial charge in [-0.3, -0.25) is 0 Å². The van der Waals surface area contributed by atoms with E-state index < -0.39 is 0 Å². The van der Waals surface area contributed by atoms with Gasteiger partial charge in [0.05, 0.1) is 5.52 Å². The van der Waals surface area contributed by atoms with Crippen molar-refractivity contribution in [3.05, 3.63) is 53.3 Å². The Hall–Kier alpha value is -2.49. The van der Waals surface area contributed by atoms with Crippen molar-refractivity contribution in [2.75, 3.05) is 5.73 Å². The van der Waals surface area contributed by atoms with Crippen molar-refractivity contribution < 1.29 is 4.39 Å². The van der Waals surface area contributed by atoms with Crippen LogP contribution in [0.2, 0.25) is 0 Å². The van der Waals surface area contributed by atoms with Crippen LogP contribution in [0.15, 0.2) is 36.4 Å². The quantitative estimate of drug-likeness (QED) is 0.732. The number of nitrogen functional groups attached to an aromatic ring is 1. The molecule has 0 radical (unpaired) electrons. The minimum absolute atomic E-state index is 0.269. The van der Waals surface area contributed by atoms with E-state index in [9.17, 15) is 4.39 Å². The van der Waals surface area contributed by atoms with Gasteiger partial charge in [-0.15, -0.1) is 0 Å². The topological polar surface area (TPSA) is 51.8 Å². The van der Waals surface area contributed by atoms with E-state index in [-0.39, 0.29) is 5.82 Å². The Balaban J connectivity index is 2.25. The molecule has 0 bridgehead atoms. The second-order valence-electron chi connectivity index (χ2n) is 4.87. The molecule has 0 spiro atoms. The van der Waals surface area contributed by atoms with Crippen LogP contribution < -0.4 is 5.73 Å². The van der Waals surface area contributed by atoms with E-state index in [2.05, 4.69) is 9.97 Å². The van der Waals surface area contributed by atoms with E-state index in [0.717, 1.165) is 16.5 Å². The van der Waals surface area contributed by atoms with Crippen LogP contribution >= 0.6 is 0 Å². The highest BCUT2D eigenvalue weighted by Gasteiger charge is 2.10. The van der Waals surface area contributed by atoms with Gasteiger partial charge in [-0.1, -0.05) is 24.3 Å². The summed E-state index contributed by atoms with van der Waals surface area (Å²) in [6, 6.07) is 10.7. The molecule has 0 unspecified atom stereocenters. The highest BCUT2D eigenvalue weighted by atomic mass is 19.1. The van der Waals surface area contributed by atoms with Crippen LogP contribution in [0.4, 0.5) is 10.2 Å². The molecule has 2 N–H and O–H groups in total. The molecule has 3 nitrogen and oxygen atoms in total.